The van der Waals surface area contributed by atoms with Gasteiger partial charge in [0.05, 0.1) is 4.90 Å². The number of hydrogen-bond acceptors (Lipinski definition) is 2. The molecule has 100 valence electrons. The molecule has 2 nitrogen and oxygen atoms in total. The first-order valence-electron chi connectivity index (χ1n) is 6.55. The normalized spacial score (nSPS) is 15.3. The van der Waals surface area contributed by atoms with Crippen molar-refractivity contribution >= 4 is 9.84 Å². The van der Waals surface area contributed by atoms with E-state index in [-0.39, 0.29) is 5.75 Å². The molecular formula is C16H18O2S. The molecule has 0 aromatic heterocycles. The summed E-state index contributed by atoms with van der Waals surface area (Å²) in [6.07, 6.45) is 6.54. The van der Waals surface area contributed by atoms with Gasteiger partial charge in [-0.05, 0) is 50.3 Å². The molecule has 1 aliphatic rings. The lowest BCUT2D eigenvalue weighted by Gasteiger charge is -2.05. The van der Waals surface area contributed by atoms with E-state index in [1.54, 1.807) is 12.1 Å². The Labute approximate surface area is 115 Å². The molecule has 2 rings (SSSR count). The number of rotatable bonds is 2. The summed E-state index contributed by atoms with van der Waals surface area (Å²) in [5, 5.41) is 0. The van der Waals surface area contributed by atoms with Gasteiger partial charge in [-0.15, -0.1) is 0 Å². The van der Waals surface area contributed by atoms with Gasteiger partial charge in [-0.25, -0.2) is 8.42 Å². The summed E-state index contributed by atoms with van der Waals surface area (Å²) >= 11 is 0. The van der Waals surface area contributed by atoms with Crippen molar-refractivity contribution in [1.82, 2.24) is 0 Å². The molecule has 0 unspecified atom stereocenters. The van der Waals surface area contributed by atoms with Crippen molar-refractivity contribution in [3.63, 3.8) is 0 Å². The summed E-state index contributed by atoms with van der Waals surface area (Å²) in [5.41, 5.74) is 2.14. The van der Waals surface area contributed by atoms with Crippen molar-refractivity contribution in [1.29, 1.82) is 0 Å². The summed E-state index contributed by atoms with van der Waals surface area (Å²) in [6.45, 7) is 1.94. The molecule has 1 aliphatic carbocycles. The molecule has 0 radical (unpaired) electrons. The molecule has 0 bridgehead atoms. The monoisotopic (exact) mass is 274 g/mol. The Morgan fingerprint density at radius 1 is 1.16 bits per heavy atom. The molecule has 0 aliphatic heterocycles. The third-order valence-electron chi connectivity index (χ3n) is 3.18. The van der Waals surface area contributed by atoms with Crippen LogP contribution in [0.4, 0.5) is 0 Å². The van der Waals surface area contributed by atoms with Gasteiger partial charge in [0, 0.05) is 0 Å². The third kappa shape index (κ3) is 3.97. The SMILES string of the molecule is Cc1ccc(S(=O)(=O)CC#CC2=CCCCC2)cc1. The third-order valence-corrected chi connectivity index (χ3v) is 4.70. The molecule has 19 heavy (non-hydrogen) atoms. The van der Waals surface area contributed by atoms with E-state index in [0.717, 1.165) is 30.4 Å². The van der Waals surface area contributed by atoms with Crippen LogP contribution in [-0.4, -0.2) is 14.2 Å². The zero-order valence-electron chi connectivity index (χ0n) is 11.1. The van der Waals surface area contributed by atoms with Gasteiger partial charge in [-0.1, -0.05) is 35.6 Å². The second-order valence-electron chi connectivity index (χ2n) is 4.85. The van der Waals surface area contributed by atoms with Crippen molar-refractivity contribution in [2.24, 2.45) is 0 Å². The first kappa shape index (κ1) is 13.9. The lowest BCUT2D eigenvalue weighted by molar-refractivity contribution is 0.599. The zero-order chi connectivity index (χ0) is 13.7. The molecule has 0 fully saturated rings. The Hall–Kier alpha value is -1.53. The Balaban J connectivity index is 2.08. The van der Waals surface area contributed by atoms with Crippen LogP contribution in [0.5, 0.6) is 0 Å². The van der Waals surface area contributed by atoms with Gasteiger partial charge in [0.25, 0.3) is 0 Å². The van der Waals surface area contributed by atoms with Gasteiger partial charge in [-0.3, -0.25) is 0 Å². The van der Waals surface area contributed by atoms with E-state index in [0.29, 0.717) is 4.90 Å². The van der Waals surface area contributed by atoms with Crippen LogP contribution in [0.25, 0.3) is 0 Å². The maximum Gasteiger partial charge on any atom is 0.189 e. The Morgan fingerprint density at radius 2 is 1.89 bits per heavy atom. The quantitative estimate of drug-likeness (QED) is 0.776. The molecule has 0 atom stereocenters. The molecule has 0 heterocycles. The molecule has 0 spiro atoms. The second kappa shape index (κ2) is 6.08. The summed E-state index contributed by atoms with van der Waals surface area (Å²) in [4.78, 5) is 0.352. The average molecular weight is 274 g/mol. The Bertz CT molecular complexity index is 626. The highest BCUT2D eigenvalue weighted by Crippen LogP contribution is 2.16. The van der Waals surface area contributed by atoms with Crippen LogP contribution in [0.2, 0.25) is 0 Å². The predicted octanol–water partition coefficient (Wildman–Crippen LogP) is 3.27. The smallest absolute Gasteiger partial charge is 0.189 e. The standard InChI is InChI=1S/C16H18O2S/c1-14-9-11-16(12-10-14)19(17,18)13-5-8-15-6-3-2-4-7-15/h6,9-12H,2-4,7,13H2,1H3. The van der Waals surface area contributed by atoms with Gasteiger partial charge in [0.15, 0.2) is 9.84 Å². The fourth-order valence-electron chi connectivity index (χ4n) is 2.03. The highest BCUT2D eigenvalue weighted by atomic mass is 32.2. The molecule has 0 saturated heterocycles. The highest BCUT2D eigenvalue weighted by Gasteiger charge is 2.12. The Morgan fingerprint density at radius 3 is 2.53 bits per heavy atom. The number of aryl methyl sites for hydroxylation is 1. The van der Waals surface area contributed by atoms with Gasteiger partial charge in [-0.2, -0.15) is 0 Å². The Kier molecular flexibility index (Phi) is 4.44. The van der Waals surface area contributed by atoms with E-state index in [9.17, 15) is 8.42 Å². The van der Waals surface area contributed by atoms with Crippen LogP contribution >= 0.6 is 0 Å². The molecular weight excluding hydrogens is 256 g/mol. The molecule has 1 aromatic rings. The summed E-state index contributed by atoms with van der Waals surface area (Å²) < 4.78 is 24.1. The topological polar surface area (TPSA) is 34.1 Å². The average Bonchev–Trinajstić information content (AvgIpc) is 2.40. The van der Waals surface area contributed by atoms with E-state index < -0.39 is 9.84 Å². The number of benzene rings is 1. The lowest BCUT2D eigenvalue weighted by atomic mass is 10.0. The fraction of sp³-hybridized carbons (Fsp3) is 0.375. The van der Waals surface area contributed by atoms with Crippen molar-refractivity contribution in [3.05, 3.63) is 41.5 Å². The fourth-order valence-corrected chi connectivity index (χ4v) is 3.00. The van der Waals surface area contributed by atoms with Crippen molar-refractivity contribution in [2.45, 2.75) is 37.5 Å². The van der Waals surface area contributed by atoms with E-state index in [4.69, 9.17) is 0 Å². The van der Waals surface area contributed by atoms with Crippen molar-refractivity contribution in [2.75, 3.05) is 5.75 Å². The van der Waals surface area contributed by atoms with Gasteiger partial charge < -0.3 is 0 Å². The van der Waals surface area contributed by atoms with E-state index >= 15 is 0 Å². The van der Waals surface area contributed by atoms with E-state index in [2.05, 4.69) is 17.9 Å². The van der Waals surface area contributed by atoms with E-state index in [1.807, 2.05) is 19.1 Å². The van der Waals surface area contributed by atoms with Crippen LogP contribution in [0.3, 0.4) is 0 Å². The molecule has 1 aromatic carbocycles. The predicted molar refractivity (Wildman–Crippen MR) is 77.6 cm³/mol. The summed E-state index contributed by atoms with van der Waals surface area (Å²) in [6, 6.07) is 6.91. The van der Waals surface area contributed by atoms with Crippen LogP contribution in [0, 0.1) is 18.8 Å². The van der Waals surface area contributed by atoms with Crippen molar-refractivity contribution < 1.29 is 8.42 Å². The maximum absolute atomic E-state index is 12.1. The molecule has 0 saturated carbocycles. The summed E-state index contributed by atoms with van der Waals surface area (Å²) in [5.74, 6) is 5.69. The minimum atomic E-state index is -3.28. The number of hydrogen-bond donors (Lipinski definition) is 0. The zero-order valence-corrected chi connectivity index (χ0v) is 12.0. The lowest BCUT2D eigenvalue weighted by Crippen LogP contribution is -2.05. The maximum atomic E-state index is 12.1. The first-order chi connectivity index (χ1) is 9.08. The van der Waals surface area contributed by atoms with Crippen LogP contribution in [0.1, 0.15) is 31.2 Å². The highest BCUT2D eigenvalue weighted by molar-refractivity contribution is 7.91. The largest absolute Gasteiger partial charge is 0.223 e. The minimum absolute atomic E-state index is 0.104. The molecule has 0 N–H and O–H groups in total. The molecule has 3 heteroatoms. The van der Waals surface area contributed by atoms with Crippen LogP contribution in [-0.2, 0) is 9.84 Å². The summed E-state index contributed by atoms with van der Waals surface area (Å²) in [7, 11) is -3.28. The van der Waals surface area contributed by atoms with Crippen LogP contribution in [0.15, 0.2) is 40.8 Å². The first-order valence-corrected chi connectivity index (χ1v) is 8.20. The van der Waals surface area contributed by atoms with Gasteiger partial charge in [0.1, 0.15) is 5.75 Å². The second-order valence-corrected chi connectivity index (χ2v) is 6.84. The molecule has 0 amide bonds. The van der Waals surface area contributed by atoms with E-state index in [1.165, 1.54) is 6.42 Å². The number of allylic oxidation sites excluding steroid dienone is 2. The number of sulfone groups is 1. The van der Waals surface area contributed by atoms with Crippen molar-refractivity contribution in [3.8, 4) is 11.8 Å². The van der Waals surface area contributed by atoms with Crippen LogP contribution < -0.4 is 0 Å². The van der Waals surface area contributed by atoms with Gasteiger partial charge >= 0.3 is 0 Å². The van der Waals surface area contributed by atoms with Gasteiger partial charge in [0.2, 0.25) is 0 Å². The minimum Gasteiger partial charge on any atom is -0.223 e.